The standard InChI is InChI=1S/C24H27N5O2S2/c1-4-19-26-23-21(17-10-5-14(2)11-18(17)33-23)22-27-28-24(29(19)22)32-13-20(30)25-12-15-6-8-16(31-3)9-7-15/h6-9,14H,4-5,10-13H2,1-3H3,(H,25,30)/t14-/m0/s1. The first kappa shape index (κ1) is 22.2. The maximum atomic E-state index is 12.5. The van der Waals surface area contributed by atoms with Crippen LogP contribution in [0.5, 0.6) is 5.75 Å². The number of nitrogens with one attached hydrogen (secondary N) is 1. The van der Waals surface area contributed by atoms with Crippen molar-refractivity contribution in [2.24, 2.45) is 5.92 Å². The van der Waals surface area contributed by atoms with Gasteiger partial charge in [0.15, 0.2) is 10.8 Å². The molecule has 0 unspecified atom stereocenters. The minimum absolute atomic E-state index is 0.0402. The molecule has 1 aliphatic carbocycles. The molecule has 172 valence electrons. The number of carbonyl (C=O) groups excluding carboxylic acids is 1. The zero-order valence-corrected chi connectivity index (χ0v) is 20.7. The van der Waals surface area contributed by atoms with Crippen LogP contribution < -0.4 is 10.1 Å². The summed E-state index contributed by atoms with van der Waals surface area (Å²) in [7, 11) is 1.64. The Morgan fingerprint density at radius 2 is 2.12 bits per heavy atom. The lowest BCUT2D eigenvalue weighted by molar-refractivity contribution is -0.118. The van der Waals surface area contributed by atoms with Gasteiger partial charge < -0.3 is 10.1 Å². The smallest absolute Gasteiger partial charge is 0.230 e. The highest BCUT2D eigenvalue weighted by atomic mass is 32.2. The average molecular weight is 482 g/mol. The van der Waals surface area contributed by atoms with Gasteiger partial charge in [0.25, 0.3) is 0 Å². The number of thioether (sulfide) groups is 1. The molecule has 0 spiro atoms. The molecule has 0 saturated carbocycles. The first-order chi connectivity index (χ1) is 16.1. The predicted octanol–water partition coefficient (Wildman–Crippen LogP) is 4.44. The second kappa shape index (κ2) is 9.30. The van der Waals surface area contributed by atoms with Gasteiger partial charge in [-0.15, -0.1) is 21.5 Å². The van der Waals surface area contributed by atoms with Crippen LogP contribution in [0.3, 0.4) is 0 Å². The number of benzene rings is 1. The van der Waals surface area contributed by atoms with E-state index in [2.05, 4.69) is 33.8 Å². The SMILES string of the molecule is CCc1nc2sc3c(c2c2nnc(SCC(=O)NCc4ccc(OC)cc4)n12)CC[C@H](C)C3. The van der Waals surface area contributed by atoms with E-state index in [0.29, 0.717) is 12.5 Å². The van der Waals surface area contributed by atoms with E-state index in [1.165, 1.54) is 28.6 Å². The molecular weight excluding hydrogens is 454 g/mol. The van der Waals surface area contributed by atoms with Crippen LogP contribution in [0.2, 0.25) is 0 Å². The third kappa shape index (κ3) is 4.31. The van der Waals surface area contributed by atoms with E-state index < -0.39 is 0 Å². The number of methoxy groups -OCH3 is 1. The second-order valence-electron chi connectivity index (χ2n) is 8.47. The summed E-state index contributed by atoms with van der Waals surface area (Å²) in [5, 5.41) is 13.9. The highest BCUT2D eigenvalue weighted by molar-refractivity contribution is 7.99. The Kier molecular flexibility index (Phi) is 6.25. The first-order valence-corrected chi connectivity index (χ1v) is 13.1. The van der Waals surface area contributed by atoms with Crippen molar-refractivity contribution in [3.63, 3.8) is 0 Å². The van der Waals surface area contributed by atoms with Crippen LogP contribution in [-0.4, -0.2) is 38.4 Å². The molecule has 1 atom stereocenters. The molecule has 1 N–H and O–H groups in total. The number of hydrogen-bond acceptors (Lipinski definition) is 7. The Morgan fingerprint density at radius 3 is 2.88 bits per heavy atom. The lowest BCUT2D eigenvalue weighted by Gasteiger charge is -2.17. The number of carbonyl (C=O) groups is 1. The Hall–Kier alpha value is -2.65. The molecule has 1 aliphatic rings. The summed E-state index contributed by atoms with van der Waals surface area (Å²) < 4.78 is 7.23. The zero-order valence-electron chi connectivity index (χ0n) is 19.1. The van der Waals surface area contributed by atoms with E-state index in [9.17, 15) is 4.79 Å². The van der Waals surface area contributed by atoms with Gasteiger partial charge in [0.2, 0.25) is 5.91 Å². The van der Waals surface area contributed by atoms with Crippen molar-refractivity contribution >= 4 is 44.9 Å². The van der Waals surface area contributed by atoms with Gasteiger partial charge in [-0.1, -0.05) is 37.7 Å². The monoisotopic (exact) mass is 481 g/mol. The number of ether oxygens (including phenoxy) is 1. The molecule has 33 heavy (non-hydrogen) atoms. The molecule has 9 heteroatoms. The van der Waals surface area contributed by atoms with Gasteiger partial charge in [0.1, 0.15) is 16.4 Å². The summed E-state index contributed by atoms with van der Waals surface area (Å²) >= 11 is 3.22. The number of thiophene rings is 1. The van der Waals surface area contributed by atoms with Crippen molar-refractivity contribution in [1.82, 2.24) is 24.9 Å². The fraction of sp³-hybridized carbons (Fsp3) is 0.417. The highest BCUT2D eigenvalue weighted by Crippen LogP contribution is 2.39. The molecule has 7 nitrogen and oxygen atoms in total. The van der Waals surface area contributed by atoms with Crippen LogP contribution >= 0.6 is 23.1 Å². The van der Waals surface area contributed by atoms with Crippen LogP contribution in [0, 0.1) is 5.92 Å². The van der Waals surface area contributed by atoms with E-state index in [1.54, 1.807) is 7.11 Å². The number of aromatic nitrogens is 4. The molecule has 0 fully saturated rings. The lowest BCUT2D eigenvalue weighted by Crippen LogP contribution is -2.24. The van der Waals surface area contributed by atoms with Gasteiger partial charge in [-0.3, -0.25) is 9.20 Å². The van der Waals surface area contributed by atoms with Crippen LogP contribution in [0.1, 0.15) is 42.1 Å². The van der Waals surface area contributed by atoms with Crippen LogP contribution in [0.25, 0.3) is 15.9 Å². The zero-order chi connectivity index (χ0) is 22.9. The molecule has 0 bridgehead atoms. The van der Waals surface area contributed by atoms with Gasteiger partial charge in [-0.2, -0.15) is 0 Å². The molecule has 0 radical (unpaired) electrons. The molecule has 5 rings (SSSR count). The van der Waals surface area contributed by atoms with Crippen LogP contribution in [0.15, 0.2) is 29.4 Å². The number of rotatable bonds is 7. The number of amides is 1. The largest absolute Gasteiger partial charge is 0.497 e. The summed E-state index contributed by atoms with van der Waals surface area (Å²) in [5.74, 6) is 2.69. The van der Waals surface area contributed by atoms with Crippen molar-refractivity contribution in [3.05, 3.63) is 46.1 Å². The van der Waals surface area contributed by atoms with Crippen molar-refractivity contribution in [3.8, 4) is 5.75 Å². The number of hydrogen-bond donors (Lipinski definition) is 1. The fourth-order valence-corrected chi connectivity index (χ4v) is 6.51. The Morgan fingerprint density at radius 1 is 1.30 bits per heavy atom. The van der Waals surface area contributed by atoms with Crippen molar-refractivity contribution in [2.45, 2.75) is 51.2 Å². The number of nitrogens with zero attached hydrogens (tertiary/aromatic N) is 4. The maximum absolute atomic E-state index is 12.5. The second-order valence-corrected chi connectivity index (χ2v) is 10.5. The lowest BCUT2D eigenvalue weighted by atomic mass is 9.89. The minimum Gasteiger partial charge on any atom is -0.497 e. The molecule has 0 saturated heterocycles. The normalized spacial score (nSPS) is 15.7. The molecule has 1 aromatic carbocycles. The van der Waals surface area contributed by atoms with E-state index in [1.807, 2.05) is 35.6 Å². The van der Waals surface area contributed by atoms with E-state index >= 15 is 0 Å². The first-order valence-electron chi connectivity index (χ1n) is 11.3. The van der Waals surface area contributed by atoms with E-state index in [0.717, 1.165) is 57.4 Å². The van der Waals surface area contributed by atoms with Crippen LogP contribution in [-0.2, 0) is 30.6 Å². The fourth-order valence-electron chi connectivity index (χ4n) is 4.33. The predicted molar refractivity (Wildman–Crippen MR) is 132 cm³/mol. The minimum atomic E-state index is -0.0402. The maximum Gasteiger partial charge on any atom is 0.230 e. The Bertz CT molecular complexity index is 1310. The van der Waals surface area contributed by atoms with Crippen molar-refractivity contribution < 1.29 is 9.53 Å². The van der Waals surface area contributed by atoms with Crippen molar-refractivity contribution in [2.75, 3.05) is 12.9 Å². The molecule has 0 aliphatic heterocycles. The quantitative estimate of drug-likeness (QED) is 0.393. The summed E-state index contributed by atoms with van der Waals surface area (Å²) in [6.45, 7) is 4.89. The molecule has 1 amide bonds. The Labute approximate surface area is 201 Å². The van der Waals surface area contributed by atoms with Gasteiger partial charge in [-0.25, -0.2) is 4.98 Å². The summed E-state index contributed by atoms with van der Waals surface area (Å²) in [4.78, 5) is 20.0. The summed E-state index contributed by atoms with van der Waals surface area (Å²) in [6, 6.07) is 7.68. The summed E-state index contributed by atoms with van der Waals surface area (Å²) in [6.07, 6.45) is 4.17. The third-order valence-corrected chi connectivity index (χ3v) is 8.21. The molecule has 3 heterocycles. The topological polar surface area (TPSA) is 81.4 Å². The third-order valence-electron chi connectivity index (χ3n) is 6.14. The van der Waals surface area contributed by atoms with E-state index in [-0.39, 0.29) is 11.7 Å². The number of aryl methyl sites for hydroxylation is 2. The molecule has 3 aromatic heterocycles. The van der Waals surface area contributed by atoms with E-state index in [4.69, 9.17) is 9.72 Å². The summed E-state index contributed by atoms with van der Waals surface area (Å²) in [5.41, 5.74) is 3.30. The highest BCUT2D eigenvalue weighted by Gasteiger charge is 2.25. The van der Waals surface area contributed by atoms with Gasteiger partial charge in [-0.05, 0) is 48.4 Å². The van der Waals surface area contributed by atoms with Gasteiger partial charge in [0.05, 0.1) is 18.2 Å². The van der Waals surface area contributed by atoms with Crippen LogP contribution in [0.4, 0.5) is 0 Å². The Balaban J connectivity index is 1.35. The van der Waals surface area contributed by atoms with Gasteiger partial charge >= 0.3 is 0 Å². The van der Waals surface area contributed by atoms with Gasteiger partial charge in [0, 0.05) is 17.8 Å². The molecule has 4 aromatic rings. The average Bonchev–Trinajstić information content (AvgIpc) is 3.41. The van der Waals surface area contributed by atoms with Crippen molar-refractivity contribution in [1.29, 1.82) is 0 Å². The number of fused-ring (bicyclic) bond motifs is 5. The molecular formula is C24H27N5O2S2.